The Bertz CT molecular complexity index is 801. The summed E-state index contributed by atoms with van der Waals surface area (Å²) in [6.07, 6.45) is 3.10. The molecule has 7 nitrogen and oxygen atoms in total. The maximum atomic E-state index is 12.1. The summed E-state index contributed by atoms with van der Waals surface area (Å²) in [5, 5.41) is 9.57. The fourth-order valence-corrected chi connectivity index (χ4v) is 2.33. The first kappa shape index (κ1) is 13.6. The van der Waals surface area contributed by atoms with E-state index in [1.54, 1.807) is 24.6 Å². The Labute approximate surface area is 120 Å². The van der Waals surface area contributed by atoms with E-state index < -0.39 is 0 Å². The SMILES string of the molecule is CC(C)[C@H](CO)n1c(=O)[nH]c2ncc(-c3ccco3)nc21. The Kier molecular flexibility index (Phi) is 3.34. The van der Waals surface area contributed by atoms with E-state index in [1.165, 1.54) is 4.57 Å². The van der Waals surface area contributed by atoms with Crippen LogP contribution in [0.1, 0.15) is 19.9 Å². The predicted molar refractivity (Wildman–Crippen MR) is 76.8 cm³/mol. The summed E-state index contributed by atoms with van der Waals surface area (Å²) in [5.74, 6) is 0.662. The molecule has 0 amide bonds. The summed E-state index contributed by atoms with van der Waals surface area (Å²) in [5.41, 5.74) is 1.03. The van der Waals surface area contributed by atoms with Crippen molar-refractivity contribution >= 4 is 11.3 Å². The molecule has 0 saturated heterocycles. The van der Waals surface area contributed by atoms with Crippen molar-refractivity contribution in [2.45, 2.75) is 19.9 Å². The highest BCUT2D eigenvalue weighted by atomic mass is 16.3. The average molecular weight is 288 g/mol. The van der Waals surface area contributed by atoms with Crippen molar-refractivity contribution in [3.8, 4) is 11.5 Å². The topological polar surface area (TPSA) is 96.9 Å². The van der Waals surface area contributed by atoms with Gasteiger partial charge in [0.15, 0.2) is 17.1 Å². The molecule has 21 heavy (non-hydrogen) atoms. The van der Waals surface area contributed by atoms with Gasteiger partial charge in [-0.2, -0.15) is 0 Å². The quantitative estimate of drug-likeness (QED) is 0.759. The lowest BCUT2D eigenvalue weighted by molar-refractivity contribution is 0.193. The molecule has 3 rings (SSSR count). The molecule has 0 aromatic carbocycles. The van der Waals surface area contributed by atoms with Crippen LogP contribution in [0.15, 0.2) is 33.8 Å². The minimum absolute atomic E-state index is 0.0840. The molecular weight excluding hydrogens is 272 g/mol. The minimum atomic E-state index is -0.354. The third kappa shape index (κ3) is 2.25. The van der Waals surface area contributed by atoms with Gasteiger partial charge in [0.1, 0.15) is 5.69 Å². The fourth-order valence-electron chi connectivity index (χ4n) is 2.33. The number of rotatable bonds is 4. The zero-order chi connectivity index (χ0) is 15.0. The highest BCUT2D eigenvalue weighted by Gasteiger charge is 2.21. The second kappa shape index (κ2) is 5.17. The molecule has 0 bridgehead atoms. The molecule has 0 unspecified atom stereocenters. The Morgan fingerprint density at radius 2 is 2.29 bits per heavy atom. The molecule has 0 aliphatic carbocycles. The third-order valence-electron chi connectivity index (χ3n) is 3.49. The van der Waals surface area contributed by atoms with Gasteiger partial charge in [-0.15, -0.1) is 0 Å². The van der Waals surface area contributed by atoms with E-state index in [-0.39, 0.29) is 24.3 Å². The summed E-state index contributed by atoms with van der Waals surface area (Å²) in [4.78, 5) is 23.5. The van der Waals surface area contributed by atoms with E-state index in [9.17, 15) is 9.90 Å². The molecule has 3 heterocycles. The summed E-state index contributed by atoms with van der Waals surface area (Å²) in [6.45, 7) is 3.74. The Morgan fingerprint density at radius 3 is 2.90 bits per heavy atom. The largest absolute Gasteiger partial charge is 0.463 e. The molecule has 110 valence electrons. The first-order chi connectivity index (χ1) is 10.1. The number of aromatic nitrogens is 4. The van der Waals surface area contributed by atoms with Crippen LogP contribution in [0.3, 0.4) is 0 Å². The van der Waals surface area contributed by atoms with Gasteiger partial charge in [0, 0.05) is 0 Å². The predicted octanol–water partition coefficient (Wildman–Crippen LogP) is 1.57. The number of aromatic amines is 1. The van der Waals surface area contributed by atoms with Crippen LogP contribution in [0, 0.1) is 5.92 Å². The van der Waals surface area contributed by atoms with Crippen molar-refractivity contribution in [1.82, 2.24) is 19.5 Å². The van der Waals surface area contributed by atoms with Crippen LogP contribution in [-0.2, 0) is 0 Å². The summed E-state index contributed by atoms with van der Waals surface area (Å²) in [7, 11) is 0. The van der Waals surface area contributed by atoms with Gasteiger partial charge in [0.05, 0.1) is 25.1 Å². The Hall–Kier alpha value is -2.41. The highest BCUT2D eigenvalue weighted by molar-refractivity contribution is 5.69. The molecule has 0 spiro atoms. The zero-order valence-corrected chi connectivity index (χ0v) is 11.8. The van der Waals surface area contributed by atoms with E-state index >= 15 is 0 Å². The molecule has 3 aromatic rings. The van der Waals surface area contributed by atoms with Gasteiger partial charge in [-0.1, -0.05) is 13.8 Å². The maximum Gasteiger partial charge on any atom is 0.329 e. The smallest absolute Gasteiger partial charge is 0.329 e. The van der Waals surface area contributed by atoms with Crippen molar-refractivity contribution in [2.75, 3.05) is 6.61 Å². The number of hydrogen-bond acceptors (Lipinski definition) is 5. The lowest BCUT2D eigenvalue weighted by atomic mass is 10.1. The summed E-state index contributed by atoms with van der Waals surface area (Å²) >= 11 is 0. The standard InChI is InChI=1S/C14H16N4O3/c1-8(2)10(7-19)18-13-12(17-14(18)20)15-6-9(16-13)11-4-3-5-21-11/h3-6,8,10,19H,7H2,1-2H3,(H,15,17,20)/t10-/m0/s1. The molecule has 0 saturated carbocycles. The number of fused-ring (bicyclic) bond motifs is 1. The average Bonchev–Trinajstić information content (AvgIpc) is 3.07. The summed E-state index contributed by atoms with van der Waals surface area (Å²) in [6, 6.07) is 3.18. The number of nitrogens with one attached hydrogen (secondary N) is 1. The number of aliphatic hydroxyl groups is 1. The third-order valence-corrected chi connectivity index (χ3v) is 3.49. The monoisotopic (exact) mass is 288 g/mol. The number of aliphatic hydroxyl groups excluding tert-OH is 1. The van der Waals surface area contributed by atoms with Crippen molar-refractivity contribution in [3.63, 3.8) is 0 Å². The lowest BCUT2D eigenvalue weighted by Crippen LogP contribution is -2.28. The van der Waals surface area contributed by atoms with E-state index in [4.69, 9.17) is 4.42 Å². The van der Waals surface area contributed by atoms with Gasteiger partial charge in [-0.3, -0.25) is 9.55 Å². The van der Waals surface area contributed by atoms with Gasteiger partial charge in [0.2, 0.25) is 0 Å². The fraction of sp³-hybridized carbons (Fsp3) is 0.357. The number of nitrogens with zero attached hydrogens (tertiary/aromatic N) is 3. The van der Waals surface area contributed by atoms with E-state index in [2.05, 4.69) is 15.0 Å². The normalized spacial score (nSPS) is 13.1. The van der Waals surface area contributed by atoms with Crippen molar-refractivity contribution in [1.29, 1.82) is 0 Å². The zero-order valence-electron chi connectivity index (χ0n) is 11.8. The Balaban J connectivity index is 2.22. The van der Waals surface area contributed by atoms with Crippen molar-refractivity contribution < 1.29 is 9.52 Å². The van der Waals surface area contributed by atoms with Crippen molar-refractivity contribution in [3.05, 3.63) is 35.1 Å². The first-order valence-corrected chi connectivity index (χ1v) is 6.73. The van der Waals surface area contributed by atoms with Crippen LogP contribution in [0.2, 0.25) is 0 Å². The highest BCUT2D eigenvalue weighted by Crippen LogP contribution is 2.22. The van der Waals surface area contributed by atoms with Crippen LogP contribution < -0.4 is 5.69 Å². The van der Waals surface area contributed by atoms with E-state index in [1.807, 2.05) is 13.8 Å². The lowest BCUT2D eigenvalue weighted by Gasteiger charge is -2.19. The number of H-pyrrole nitrogens is 1. The molecule has 2 N–H and O–H groups in total. The van der Waals surface area contributed by atoms with Gasteiger partial charge < -0.3 is 9.52 Å². The number of furan rings is 1. The second-order valence-electron chi connectivity index (χ2n) is 5.20. The van der Waals surface area contributed by atoms with Crippen LogP contribution in [0.5, 0.6) is 0 Å². The molecule has 3 aromatic heterocycles. The van der Waals surface area contributed by atoms with E-state index in [0.717, 1.165) is 0 Å². The van der Waals surface area contributed by atoms with Crippen LogP contribution in [0.25, 0.3) is 22.7 Å². The summed E-state index contributed by atoms with van der Waals surface area (Å²) < 4.78 is 6.76. The molecule has 0 radical (unpaired) electrons. The minimum Gasteiger partial charge on any atom is -0.463 e. The Morgan fingerprint density at radius 1 is 1.48 bits per heavy atom. The number of hydrogen-bond donors (Lipinski definition) is 2. The van der Waals surface area contributed by atoms with Crippen molar-refractivity contribution in [2.24, 2.45) is 5.92 Å². The van der Waals surface area contributed by atoms with Crippen LogP contribution >= 0.6 is 0 Å². The molecule has 0 fully saturated rings. The maximum absolute atomic E-state index is 12.1. The van der Waals surface area contributed by atoms with Gasteiger partial charge in [-0.25, -0.2) is 14.8 Å². The molecule has 7 heteroatoms. The van der Waals surface area contributed by atoms with Crippen LogP contribution in [-0.4, -0.2) is 31.2 Å². The van der Waals surface area contributed by atoms with Gasteiger partial charge >= 0.3 is 5.69 Å². The van der Waals surface area contributed by atoms with Gasteiger partial charge in [-0.05, 0) is 18.1 Å². The molecule has 1 atom stereocenters. The first-order valence-electron chi connectivity index (χ1n) is 6.73. The molecular formula is C14H16N4O3. The number of imidazole rings is 1. The van der Waals surface area contributed by atoms with Crippen LogP contribution in [0.4, 0.5) is 0 Å². The van der Waals surface area contributed by atoms with Gasteiger partial charge in [0.25, 0.3) is 0 Å². The molecule has 0 aliphatic rings. The van der Waals surface area contributed by atoms with E-state index in [0.29, 0.717) is 22.7 Å². The second-order valence-corrected chi connectivity index (χ2v) is 5.20. The molecule has 0 aliphatic heterocycles.